The number of ether oxygens (including phenoxy) is 1. The molecule has 1 amide bonds. The van der Waals surface area contributed by atoms with Crippen LogP contribution in [0.15, 0.2) is 47.6 Å². The number of fused-ring (bicyclic) bond motifs is 1. The summed E-state index contributed by atoms with van der Waals surface area (Å²) in [6.45, 7) is 0.731. The van der Waals surface area contributed by atoms with E-state index in [9.17, 15) is 4.79 Å². The Morgan fingerprint density at radius 2 is 2.04 bits per heavy atom. The summed E-state index contributed by atoms with van der Waals surface area (Å²) in [5.41, 5.74) is 7.59. The average molecular weight is 366 g/mol. The maximum Gasteiger partial charge on any atom is 0.296 e. The highest BCUT2D eigenvalue weighted by molar-refractivity contribution is 6.04. The van der Waals surface area contributed by atoms with Crippen LogP contribution in [-0.4, -0.2) is 47.9 Å². The van der Waals surface area contributed by atoms with Crippen LogP contribution in [0.2, 0.25) is 0 Å². The number of H-pyrrole nitrogens is 1. The van der Waals surface area contributed by atoms with Crippen molar-refractivity contribution < 1.29 is 9.53 Å². The third-order valence-electron chi connectivity index (χ3n) is 3.80. The summed E-state index contributed by atoms with van der Waals surface area (Å²) in [5.74, 6) is 0.982. The SMILES string of the molecule is CNC(N)=NC(=O)c1cc2ccc(Oc3ccnc(CN(C)C)c3)cc2[nH]1. The van der Waals surface area contributed by atoms with Gasteiger partial charge in [0.05, 0.1) is 5.69 Å². The fourth-order valence-corrected chi connectivity index (χ4v) is 2.58. The third kappa shape index (κ3) is 4.62. The summed E-state index contributed by atoms with van der Waals surface area (Å²) in [6, 6.07) is 11.0. The highest BCUT2D eigenvalue weighted by Crippen LogP contribution is 2.26. The second-order valence-electron chi connectivity index (χ2n) is 6.31. The topological polar surface area (TPSA) is 109 Å². The van der Waals surface area contributed by atoms with Crippen LogP contribution in [0, 0.1) is 0 Å². The average Bonchev–Trinajstić information content (AvgIpc) is 3.05. The molecule has 0 saturated heterocycles. The molecule has 0 fully saturated rings. The number of nitrogens with two attached hydrogens (primary N) is 1. The van der Waals surface area contributed by atoms with Crippen molar-refractivity contribution in [3.05, 3.63) is 54.0 Å². The maximum absolute atomic E-state index is 12.1. The van der Waals surface area contributed by atoms with Gasteiger partial charge in [0.2, 0.25) is 0 Å². The van der Waals surface area contributed by atoms with Crippen molar-refractivity contribution in [2.24, 2.45) is 10.7 Å². The Labute approximate surface area is 157 Å². The lowest BCUT2D eigenvalue weighted by Gasteiger charge is -2.10. The van der Waals surface area contributed by atoms with E-state index >= 15 is 0 Å². The first kappa shape index (κ1) is 18.4. The van der Waals surface area contributed by atoms with Gasteiger partial charge in [-0.2, -0.15) is 4.99 Å². The molecule has 2 aromatic heterocycles. The van der Waals surface area contributed by atoms with E-state index in [2.05, 4.69) is 20.3 Å². The molecule has 0 bridgehead atoms. The Balaban J connectivity index is 1.82. The number of nitrogens with zero attached hydrogens (tertiary/aromatic N) is 3. The second-order valence-corrected chi connectivity index (χ2v) is 6.31. The van der Waals surface area contributed by atoms with E-state index in [0.717, 1.165) is 23.1 Å². The highest BCUT2D eigenvalue weighted by atomic mass is 16.5. The monoisotopic (exact) mass is 366 g/mol. The third-order valence-corrected chi connectivity index (χ3v) is 3.80. The molecular formula is C19H22N6O2. The van der Waals surface area contributed by atoms with Crippen LogP contribution in [0.5, 0.6) is 11.5 Å². The van der Waals surface area contributed by atoms with Gasteiger partial charge in [0.15, 0.2) is 5.96 Å². The highest BCUT2D eigenvalue weighted by Gasteiger charge is 2.10. The summed E-state index contributed by atoms with van der Waals surface area (Å²) in [6.07, 6.45) is 1.72. The Morgan fingerprint density at radius 3 is 2.78 bits per heavy atom. The molecular weight excluding hydrogens is 344 g/mol. The van der Waals surface area contributed by atoms with E-state index in [1.165, 1.54) is 0 Å². The molecule has 0 saturated carbocycles. The molecule has 0 spiro atoms. The first-order chi connectivity index (χ1) is 12.9. The minimum absolute atomic E-state index is 0.0638. The van der Waals surface area contributed by atoms with Crippen molar-refractivity contribution >= 4 is 22.8 Å². The van der Waals surface area contributed by atoms with Crippen LogP contribution in [-0.2, 0) is 6.54 Å². The van der Waals surface area contributed by atoms with E-state index in [-0.39, 0.29) is 5.96 Å². The zero-order valence-electron chi connectivity index (χ0n) is 15.5. The predicted molar refractivity (Wildman–Crippen MR) is 105 cm³/mol. The molecule has 27 heavy (non-hydrogen) atoms. The first-order valence-electron chi connectivity index (χ1n) is 8.41. The minimum atomic E-state index is -0.442. The Morgan fingerprint density at radius 1 is 1.26 bits per heavy atom. The van der Waals surface area contributed by atoms with Gasteiger partial charge >= 0.3 is 0 Å². The van der Waals surface area contributed by atoms with Crippen LogP contribution in [0.4, 0.5) is 0 Å². The van der Waals surface area contributed by atoms with Crippen molar-refractivity contribution in [2.75, 3.05) is 21.1 Å². The largest absolute Gasteiger partial charge is 0.457 e. The molecule has 8 nitrogen and oxygen atoms in total. The molecule has 8 heteroatoms. The number of carbonyl (C=O) groups is 1. The van der Waals surface area contributed by atoms with Crippen LogP contribution < -0.4 is 15.8 Å². The van der Waals surface area contributed by atoms with Gasteiger partial charge in [-0.05, 0) is 38.4 Å². The standard InChI is InChI=1S/C19H22N6O2/c1-21-19(20)24-18(26)17-8-12-4-5-14(10-16(12)23-17)27-15-6-7-22-13(9-15)11-25(2)3/h4-10,23H,11H2,1-3H3,(H3,20,21,24,26). The summed E-state index contributed by atoms with van der Waals surface area (Å²) in [5, 5.41) is 3.50. The van der Waals surface area contributed by atoms with Crippen molar-refractivity contribution in [3.8, 4) is 11.5 Å². The molecule has 0 atom stereocenters. The number of rotatable bonds is 5. The maximum atomic E-state index is 12.1. The molecule has 2 heterocycles. The van der Waals surface area contributed by atoms with Gasteiger partial charge in [-0.15, -0.1) is 0 Å². The second kappa shape index (κ2) is 7.88. The van der Waals surface area contributed by atoms with E-state index in [0.29, 0.717) is 17.2 Å². The fraction of sp³-hybridized carbons (Fsp3) is 0.211. The van der Waals surface area contributed by atoms with Crippen molar-refractivity contribution in [1.82, 2.24) is 20.2 Å². The normalized spacial score (nSPS) is 11.8. The fourth-order valence-electron chi connectivity index (χ4n) is 2.58. The zero-order chi connectivity index (χ0) is 19.4. The summed E-state index contributed by atoms with van der Waals surface area (Å²) < 4.78 is 5.94. The summed E-state index contributed by atoms with van der Waals surface area (Å²) in [7, 11) is 5.58. The minimum Gasteiger partial charge on any atom is -0.457 e. The molecule has 140 valence electrons. The van der Waals surface area contributed by atoms with Crippen LogP contribution in [0.1, 0.15) is 16.2 Å². The number of pyridine rings is 1. The van der Waals surface area contributed by atoms with E-state index in [1.807, 2.05) is 49.3 Å². The van der Waals surface area contributed by atoms with E-state index < -0.39 is 5.91 Å². The smallest absolute Gasteiger partial charge is 0.296 e. The lowest BCUT2D eigenvalue weighted by atomic mass is 10.2. The van der Waals surface area contributed by atoms with Crippen molar-refractivity contribution in [1.29, 1.82) is 0 Å². The van der Waals surface area contributed by atoms with Crippen LogP contribution in [0.3, 0.4) is 0 Å². The van der Waals surface area contributed by atoms with Gasteiger partial charge in [-0.1, -0.05) is 0 Å². The molecule has 3 aromatic rings. The molecule has 0 unspecified atom stereocenters. The van der Waals surface area contributed by atoms with Gasteiger partial charge < -0.3 is 25.7 Å². The van der Waals surface area contributed by atoms with Crippen LogP contribution in [0.25, 0.3) is 10.9 Å². The van der Waals surface area contributed by atoms with Crippen molar-refractivity contribution in [3.63, 3.8) is 0 Å². The quantitative estimate of drug-likeness (QED) is 0.471. The number of guanidine groups is 1. The molecule has 0 aliphatic heterocycles. The van der Waals surface area contributed by atoms with Gasteiger partial charge in [-0.3, -0.25) is 9.78 Å². The van der Waals surface area contributed by atoms with Gasteiger partial charge in [0.1, 0.15) is 17.2 Å². The number of aliphatic imine (C=N–C) groups is 1. The number of hydrogen-bond donors (Lipinski definition) is 3. The lowest BCUT2D eigenvalue weighted by Crippen LogP contribution is -2.28. The summed E-state index contributed by atoms with van der Waals surface area (Å²) in [4.78, 5) is 25.3. The van der Waals surface area contributed by atoms with Gasteiger partial charge in [0.25, 0.3) is 5.91 Å². The molecule has 4 N–H and O–H groups in total. The predicted octanol–water partition coefficient (Wildman–Crippen LogP) is 2.09. The zero-order valence-corrected chi connectivity index (χ0v) is 15.5. The van der Waals surface area contributed by atoms with Gasteiger partial charge in [0, 0.05) is 42.8 Å². The van der Waals surface area contributed by atoms with E-state index in [4.69, 9.17) is 10.5 Å². The number of aromatic nitrogens is 2. The Bertz CT molecular complexity index is 993. The van der Waals surface area contributed by atoms with Crippen LogP contribution >= 0.6 is 0 Å². The number of nitrogens with one attached hydrogen (secondary N) is 2. The molecule has 0 aliphatic rings. The Hall–Kier alpha value is -3.39. The number of aromatic amines is 1. The first-order valence-corrected chi connectivity index (χ1v) is 8.41. The molecule has 3 rings (SSSR count). The molecule has 0 aliphatic carbocycles. The summed E-state index contributed by atoms with van der Waals surface area (Å²) >= 11 is 0. The lowest BCUT2D eigenvalue weighted by molar-refractivity contribution is 0.0998. The van der Waals surface area contributed by atoms with E-state index in [1.54, 1.807) is 19.3 Å². The Kier molecular flexibility index (Phi) is 5.37. The molecule has 0 radical (unpaired) electrons. The molecule has 1 aromatic carbocycles. The number of benzene rings is 1. The number of hydrogen-bond acceptors (Lipinski definition) is 4. The van der Waals surface area contributed by atoms with Gasteiger partial charge in [-0.25, -0.2) is 0 Å². The number of amides is 1. The van der Waals surface area contributed by atoms with Crippen molar-refractivity contribution in [2.45, 2.75) is 6.54 Å². The number of carbonyl (C=O) groups excluding carboxylic acids is 1.